The highest BCUT2D eigenvalue weighted by molar-refractivity contribution is 5.75. The predicted octanol–water partition coefficient (Wildman–Crippen LogP) is 2.90. The lowest BCUT2D eigenvalue weighted by atomic mass is 9.61. The van der Waals surface area contributed by atoms with Crippen molar-refractivity contribution in [2.75, 3.05) is 13.1 Å². The number of nitrogens with one attached hydrogen (secondary N) is 2. The summed E-state index contributed by atoms with van der Waals surface area (Å²) in [4.78, 5) is 25.9. The molecule has 2 N–H and O–H groups in total. The molecular weight excluding hydrogens is 302 g/mol. The third-order valence-electron chi connectivity index (χ3n) is 6.28. The van der Waals surface area contributed by atoms with E-state index in [9.17, 15) is 9.59 Å². The minimum absolute atomic E-state index is 0.00164. The molecule has 5 heteroatoms. The zero-order valence-electron chi connectivity index (χ0n) is 15.4. The zero-order valence-corrected chi connectivity index (χ0v) is 15.4. The number of likely N-dealkylation sites (tertiary alicyclic amines) is 1. The molecule has 2 saturated carbocycles. The number of hydrogen-bond donors (Lipinski definition) is 2. The Balaban J connectivity index is 1.53. The van der Waals surface area contributed by atoms with Crippen molar-refractivity contribution in [1.29, 1.82) is 0 Å². The highest BCUT2D eigenvalue weighted by Gasteiger charge is 2.45. The molecule has 1 heterocycles. The fourth-order valence-corrected chi connectivity index (χ4v) is 5.66. The predicted molar refractivity (Wildman–Crippen MR) is 94.6 cm³/mol. The summed E-state index contributed by atoms with van der Waals surface area (Å²) in [6.45, 7) is 7.77. The number of nitrogens with zero attached hydrogens (tertiary/aromatic N) is 1. The van der Waals surface area contributed by atoms with Gasteiger partial charge in [-0.3, -0.25) is 4.79 Å². The van der Waals surface area contributed by atoms with Crippen LogP contribution >= 0.6 is 0 Å². The lowest BCUT2D eigenvalue weighted by Crippen LogP contribution is -2.60. The Bertz CT molecular complexity index is 465. The molecule has 2 bridgehead atoms. The molecular formula is C19H33N3O2. The van der Waals surface area contributed by atoms with E-state index < -0.39 is 0 Å². The average Bonchev–Trinajstić information content (AvgIpc) is 2.45. The number of hydrogen-bond acceptors (Lipinski definition) is 2. The summed E-state index contributed by atoms with van der Waals surface area (Å²) in [6.07, 6.45) is 7.73. The third-order valence-corrected chi connectivity index (χ3v) is 6.28. The molecule has 1 aliphatic heterocycles. The molecule has 2 atom stereocenters. The van der Waals surface area contributed by atoms with Gasteiger partial charge in [0.25, 0.3) is 0 Å². The normalized spacial score (nSPS) is 37.0. The molecule has 136 valence electrons. The van der Waals surface area contributed by atoms with Crippen molar-refractivity contribution >= 4 is 11.9 Å². The standard InChI is InChI=1S/C19H33N3O2/c1-13-8-16-9-14(2)11-19(10-13,12-16)21-18(24)20-17-4-6-22(7-5-17)15(3)23/h13-14,16-17H,4-12H2,1-3H3,(H2,20,21,24). The quantitative estimate of drug-likeness (QED) is 0.815. The first-order chi connectivity index (χ1) is 11.3. The monoisotopic (exact) mass is 335 g/mol. The van der Waals surface area contributed by atoms with Crippen LogP contribution < -0.4 is 10.6 Å². The first-order valence-electron chi connectivity index (χ1n) is 9.69. The van der Waals surface area contributed by atoms with E-state index in [1.54, 1.807) is 6.92 Å². The maximum atomic E-state index is 12.6. The molecule has 0 aromatic carbocycles. The smallest absolute Gasteiger partial charge is 0.315 e. The second-order valence-corrected chi connectivity index (χ2v) is 8.82. The summed E-state index contributed by atoms with van der Waals surface area (Å²) in [5.74, 6) is 2.32. The number of piperidine rings is 1. The molecule has 1 saturated heterocycles. The molecule has 24 heavy (non-hydrogen) atoms. The van der Waals surface area contributed by atoms with Crippen LogP contribution in [0.25, 0.3) is 0 Å². The lowest BCUT2D eigenvalue weighted by molar-refractivity contribution is -0.129. The van der Waals surface area contributed by atoms with E-state index in [4.69, 9.17) is 0 Å². The van der Waals surface area contributed by atoms with Crippen molar-refractivity contribution in [3.8, 4) is 0 Å². The summed E-state index contributed by atoms with van der Waals surface area (Å²) < 4.78 is 0. The van der Waals surface area contributed by atoms with Gasteiger partial charge in [-0.2, -0.15) is 0 Å². The minimum Gasteiger partial charge on any atom is -0.343 e. The molecule has 5 nitrogen and oxygen atoms in total. The summed E-state index contributed by atoms with van der Waals surface area (Å²) in [5.41, 5.74) is 0.00414. The molecule has 0 radical (unpaired) electrons. The van der Waals surface area contributed by atoms with Gasteiger partial charge in [0.1, 0.15) is 0 Å². The van der Waals surface area contributed by atoms with Crippen molar-refractivity contribution in [2.45, 2.75) is 77.3 Å². The Morgan fingerprint density at radius 2 is 1.58 bits per heavy atom. The fourth-order valence-electron chi connectivity index (χ4n) is 5.66. The first-order valence-corrected chi connectivity index (χ1v) is 9.69. The van der Waals surface area contributed by atoms with Crippen LogP contribution in [0.1, 0.15) is 65.7 Å². The molecule has 0 aromatic heterocycles. The molecule has 0 aromatic rings. The van der Waals surface area contributed by atoms with Crippen LogP contribution in [0.4, 0.5) is 4.79 Å². The van der Waals surface area contributed by atoms with E-state index >= 15 is 0 Å². The highest BCUT2D eigenvalue weighted by Crippen LogP contribution is 2.47. The number of carbonyl (C=O) groups is 2. The van der Waals surface area contributed by atoms with Crippen molar-refractivity contribution in [3.05, 3.63) is 0 Å². The molecule has 2 unspecified atom stereocenters. The van der Waals surface area contributed by atoms with E-state index in [1.807, 2.05) is 4.90 Å². The van der Waals surface area contributed by atoms with Crippen molar-refractivity contribution < 1.29 is 9.59 Å². The second-order valence-electron chi connectivity index (χ2n) is 8.82. The Kier molecular flexibility index (Phi) is 5.07. The van der Waals surface area contributed by atoms with Crippen LogP contribution in [0, 0.1) is 17.8 Å². The van der Waals surface area contributed by atoms with Gasteiger partial charge >= 0.3 is 6.03 Å². The molecule has 3 fully saturated rings. The Hall–Kier alpha value is -1.26. The van der Waals surface area contributed by atoms with E-state index in [1.165, 1.54) is 12.8 Å². The van der Waals surface area contributed by atoms with Gasteiger partial charge in [-0.25, -0.2) is 4.79 Å². The fraction of sp³-hybridized carbons (Fsp3) is 0.895. The van der Waals surface area contributed by atoms with Gasteiger partial charge in [0.05, 0.1) is 0 Å². The van der Waals surface area contributed by atoms with Gasteiger partial charge in [0, 0.05) is 31.6 Å². The summed E-state index contributed by atoms with van der Waals surface area (Å²) in [7, 11) is 0. The largest absolute Gasteiger partial charge is 0.343 e. The number of carbonyl (C=O) groups excluding carboxylic acids is 2. The van der Waals surface area contributed by atoms with Crippen LogP contribution in [0.2, 0.25) is 0 Å². The topological polar surface area (TPSA) is 61.4 Å². The summed E-state index contributed by atoms with van der Waals surface area (Å²) in [6, 6.07) is 0.188. The summed E-state index contributed by atoms with van der Waals surface area (Å²) in [5, 5.41) is 6.54. The van der Waals surface area contributed by atoms with Crippen LogP contribution in [0.3, 0.4) is 0 Å². The van der Waals surface area contributed by atoms with Gasteiger partial charge < -0.3 is 15.5 Å². The zero-order chi connectivity index (χ0) is 17.3. The van der Waals surface area contributed by atoms with Gasteiger partial charge in [-0.05, 0) is 62.7 Å². The lowest BCUT2D eigenvalue weighted by Gasteiger charge is -2.50. The van der Waals surface area contributed by atoms with Crippen molar-refractivity contribution in [2.24, 2.45) is 17.8 Å². The van der Waals surface area contributed by atoms with E-state index in [-0.39, 0.29) is 23.5 Å². The first kappa shape index (κ1) is 17.6. The molecule has 2 aliphatic carbocycles. The summed E-state index contributed by atoms with van der Waals surface area (Å²) >= 11 is 0. The van der Waals surface area contributed by atoms with Crippen LogP contribution in [0.5, 0.6) is 0 Å². The van der Waals surface area contributed by atoms with Gasteiger partial charge in [0.2, 0.25) is 5.91 Å². The average molecular weight is 335 g/mol. The Labute approximate surface area is 145 Å². The van der Waals surface area contributed by atoms with Crippen molar-refractivity contribution in [1.82, 2.24) is 15.5 Å². The van der Waals surface area contributed by atoms with E-state index in [0.29, 0.717) is 11.8 Å². The second kappa shape index (κ2) is 6.93. The van der Waals surface area contributed by atoms with Crippen molar-refractivity contribution in [3.63, 3.8) is 0 Å². The van der Waals surface area contributed by atoms with E-state index in [2.05, 4.69) is 24.5 Å². The number of amides is 3. The van der Waals surface area contributed by atoms with Gasteiger partial charge in [-0.15, -0.1) is 0 Å². The molecule has 3 aliphatic rings. The Morgan fingerprint density at radius 1 is 1.00 bits per heavy atom. The molecule has 3 amide bonds. The van der Waals surface area contributed by atoms with Crippen LogP contribution in [-0.2, 0) is 4.79 Å². The van der Waals surface area contributed by atoms with Gasteiger partial charge in [-0.1, -0.05) is 13.8 Å². The highest BCUT2D eigenvalue weighted by atomic mass is 16.2. The van der Waals surface area contributed by atoms with E-state index in [0.717, 1.165) is 51.1 Å². The Morgan fingerprint density at radius 3 is 2.12 bits per heavy atom. The number of urea groups is 1. The van der Waals surface area contributed by atoms with Crippen LogP contribution in [-0.4, -0.2) is 41.5 Å². The number of fused-ring (bicyclic) bond motifs is 2. The molecule has 0 spiro atoms. The third kappa shape index (κ3) is 4.04. The maximum absolute atomic E-state index is 12.6. The van der Waals surface area contributed by atoms with Crippen LogP contribution in [0.15, 0.2) is 0 Å². The minimum atomic E-state index is -0.00164. The number of rotatable bonds is 2. The SMILES string of the molecule is CC(=O)N1CCC(NC(=O)NC23CC(C)CC(CC(C)C2)C3)CC1. The molecule has 3 rings (SSSR count). The van der Waals surface area contributed by atoms with Gasteiger partial charge in [0.15, 0.2) is 0 Å². The maximum Gasteiger partial charge on any atom is 0.315 e.